The second kappa shape index (κ2) is 6.73. The number of anilines is 1. The molecule has 0 saturated heterocycles. The Morgan fingerprint density at radius 3 is 2.68 bits per heavy atom. The number of nitrogens with zero attached hydrogens (tertiary/aromatic N) is 2. The molecule has 4 nitrogen and oxygen atoms in total. The summed E-state index contributed by atoms with van der Waals surface area (Å²) < 4.78 is 5.66. The molecule has 0 radical (unpaired) electrons. The number of hydrogen-bond acceptors (Lipinski definition) is 4. The van der Waals surface area contributed by atoms with Crippen LogP contribution in [0.25, 0.3) is 0 Å². The van der Waals surface area contributed by atoms with E-state index >= 15 is 0 Å². The molecule has 0 aliphatic heterocycles. The van der Waals surface area contributed by atoms with Crippen molar-refractivity contribution in [2.75, 3.05) is 19.0 Å². The van der Waals surface area contributed by atoms with Crippen LogP contribution in [0.3, 0.4) is 0 Å². The minimum absolute atomic E-state index is 0.595. The van der Waals surface area contributed by atoms with E-state index in [9.17, 15) is 0 Å². The monoisotopic (exact) mass is 257 g/mol. The largest absolute Gasteiger partial charge is 0.478 e. The van der Waals surface area contributed by atoms with E-state index in [4.69, 9.17) is 4.74 Å². The van der Waals surface area contributed by atoms with Gasteiger partial charge in [-0.3, -0.25) is 0 Å². The highest BCUT2D eigenvalue weighted by atomic mass is 16.5. The summed E-state index contributed by atoms with van der Waals surface area (Å²) in [6.45, 7) is 2.59. The SMILES string of the molecule is CNc1nc(C)cc(OCCCc2ccccc2)n1. The number of hydrogen-bond donors (Lipinski definition) is 1. The first-order valence-electron chi connectivity index (χ1n) is 6.48. The Balaban J connectivity index is 1.81. The minimum Gasteiger partial charge on any atom is -0.478 e. The molecule has 1 aromatic carbocycles. The normalized spacial score (nSPS) is 10.2. The second-order valence-corrected chi connectivity index (χ2v) is 4.36. The quantitative estimate of drug-likeness (QED) is 0.808. The molecular formula is C15H19N3O. The molecule has 100 valence electrons. The van der Waals surface area contributed by atoms with Crippen LogP contribution < -0.4 is 10.1 Å². The van der Waals surface area contributed by atoms with Crippen LogP contribution in [-0.4, -0.2) is 23.6 Å². The number of nitrogens with one attached hydrogen (secondary N) is 1. The molecule has 0 unspecified atom stereocenters. The Morgan fingerprint density at radius 2 is 1.95 bits per heavy atom. The minimum atomic E-state index is 0.595. The summed E-state index contributed by atoms with van der Waals surface area (Å²) in [5.74, 6) is 1.22. The van der Waals surface area contributed by atoms with Crippen molar-refractivity contribution in [3.63, 3.8) is 0 Å². The van der Waals surface area contributed by atoms with Gasteiger partial charge in [-0.25, -0.2) is 4.98 Å². The zero-order valence-electron chi connectivity index (χ0n) is 11.4. The molecule has 1 heterocycles. The van der Waals surface area contributed by atoms with Crippen molar-refractivity contribution >= 4 is 5.95 Å². The number of aryl methyl sites for hydroxylation is 2. The molecule has 1 N–H and O–H groups in total. The summed E-state index contributed by atoms with van der Waals surface area (Å²) in [4.78, 5) is 8.48. The first-order valence-corrected chi connectivity index (χ1v) is 6.48. The fraction of sp³-hybridized carbons (Fsp3) is 0.333. The molecule has 2 rings (SSSR count). The predicted octanol–water partition coefficient (Wildman–Crippen LogP) is 2.84. The highest BCUT2D eigenvalue weighted by molar-refractivity contribution is 5.29. The van der Waals surface area contributed by atoms with Gasteiger partial charge in [0.1, 0.15) is 0 Å². The van der Waals surface area contributed by atoms with Crippen molar-refractivity contribution in [3.05, 3.63) is 47.7 Å². The first-order chi connectivity index (χ1) is 9.28. The van der Waals surface area contributed by atoms with Gasteiger partial charge in [-0.05, 0) is 25.3 Å². The molecule has 0 bridgehead atoms. The van der Waals surface area contributed by atoms with Crippen molar-refractivity contribution in [1.82, 2.24) is 9.97 Å². The van der Waals surface area contributed by atoms with Gasteiger partial charge in [-0.2, -0.15) is 4.98 Å². The summed E-state index contributed by atoms with van der Waals surface area (Å²) in [5.41, 5.74) is 2.23. The smallest absolute Gasteiger partial charge is 0.225 e. The Kier molecular flexibility index (Phi) is 4.72. The fourth-order valence-corrected chi connectivity index (χ4v) is 1.82. The van der Waals surface area contributed by atoms with Gasteiger partial charge >= 0.3 is 0 Å². The van der Waals surface area contributed by atoms with E-state index < -0.39 is 0 Å². The lowest BCUT2D eigenvalue weighted by Crippen LogP contribution is -2.04. The lowest BCUT2D eigenvalue weighted by molar-refractivity contribution is 0.299. The highest BCUT2D eigenvalue weighted by Gasteiger charge is 2.01. The van der Waals surface area contributed by atoms with Crippen LogP contribution >= 0.6 is 0 Å². The molecule has 0 atom stereocenters. The van der Waals surface area contributed by atoms with E-state index in [1.54, 1.807) is 7.05 Å². The Bertz CT molecular complexity index is 514. The van der Waals surface area contributed by atoms with Crippen molar-refractivity contribution in [2.24, 2.45) is 0 Å². The van der Waals surface area contributed by atoms with Crippen LogP contribution in [-0.2, 0) is 6.42 Å². The third-order valence-electron chi connectivity index (χ3n) is 2.76. The molecule has 1 aromatic heterocycles. The third kappa shape index (κ3) is 4.25. The Labute approximate surface area is 113 Å². The maximum Gasteiger partial charge on any atom is 0.225 e. The van der Waals surface area contributed by atoms with Crippen molar-refractivity contribution in [2.45, 2.75) is 19.8 Å². The van der Waals surface area contributed by atoms with Crippen LogP contribution in [0, 0.1) is 6.92 Å². The zero-order valence-corrected chi connectivity index (χ0v) is 11.4. The van der Waals surface area contributed by atoms with Crippen LogP contribution in [0.4, 0.5) is 5.95 Å². The molecule has 0 spiro atoms. The van der Waals surface area contributed by atoms with Crippen LogP contribution in [0.5, 0.6) is 5.88 Å². The van der Waals surface area contributed by atoms with Gasteiger partial charge < -0.3 is 10.1 Å². The maximum atomic E-state index is 5.66. The summed E-state index contributed by atoms with van der Waals surface area (Å²) in [7, 11) is 1.80. The van der Waals surface area contributed by atoms with Crippen molar-refractivity contribution in [1.29, 1.82) is 0 Å². The molecule has 0 aliphatic carbocycles. The lowest BCUT2D eigenvalue weighted by Gasteiger charge is -2.07. The average molecular weight is 257 g/mol. The molecule has 19 heavy (non-hydrogen) atoms. The van der Waals surface area contributed by atoms with Gasteiger partial charge in [-0.1, -0.05) is 30.3 Å². The molecule has 0 amide bonds. The van der Waals surface area contributed by atoms with Gasteiger partial charge in [0.25, 0.3) is 0 Å². The van der Waals surface area contributed by atoms with Gasteiger partial charge in [0.05, 0.1) is 6.61 Å². The fourth-order valence-electron chi connectivity index (χ4n) is 1.82. The molecular weight excluding hydrogens is 238 g/mol. The molecule has 0 aliphatic rings. The number of ether oxygens (including phenoxy) is 1. The van der Waals surface area contributed by atoms with E-state index in [1.807, 2.05) is 19.1 Å². The van der Waals surface area contributed by atoms with Gasteiger partial charge in [0, 0.05) is 18.8 Å². The lowest BCUT2D eigenvalue weighted by atomic mass is 10.1. The second-order valence-electron chi connectivity index (χ2n) is 4.36. The summed E-state index contributed by atoms with van der Waals surface area (Å²) >= 11 is 0. The van der Waals surface area contributed by atoms with E-state index in [2.05, 4.69) is 39.6 Å². The molecule has 0 fully saturated rings. The number of rotatable bonds is 6. The molecule has 0 saturated carbocycles. The molecule has 2 aromatic rings. The first kappa shape index (κ1) is 13.3. The van der Waals surface area contributed by atoms with E-state index in [-0.39, 0.29) is 0 Å². The van der Waals surface area contributed by atoms with Crippen LogP contribution in [0.15, 0.2) is 36.4 Å². The number of benzene rings is 1. The Hall–Kier alpha value is -2.10. The standard InChI is InChI=1S/C15H19N3O/c1-12-11-14(18-15(16-2)17-12)19-10-6-9-13-7-4-3-5-8-13/h3-5,7-8,11H,6,9-10H2,1-2H3,(H,16,17,18). The topological polar surface area (TPSA) is 47.0 Å². The maximum absolute atomic E-state index is 5.66. The van der Waals surface area contributed by atoms with Crippen LogP contribution in [0.1, 0.15) is 17.7 Å². The van der Waals surface area contributed by atoms with Gasteiger partial charge in [-0.15, -0.1) is 0 Å². The van der Waals surface area contributed by atoms with Crippen molar-refractivity contribution < 1.29 is 4.74 Å². The number of aromatic nitrogens is 2. The third-order valence-corrected chi connectivity index (χ3v) is 2.76. The summed E-state index contributed by atoms with van der Waals surface area (Å²) in [5, 5.41) is 2.92. The van der Waals surface area contributed by atoms with E-state index in [0.29, 0.717) is 18.4 Å². The van der Waals surface area contributed by atoms with Crippen molar-refractivity contribution in [3.8, 4) is 5.88 Å². The zero-order chi connectivity index (χ0) is 13.5. The highest BCUT2D eigenvalue weighted by Crippen LogP contribution is 2.12. The van der Waals surface area contributed by atoms with Gasteiger partial charge in [0.15, 0.2) is 0 Å². The predicted molar refractivity (Wildman–Crippen MR) is 76.6 cm³/mol. The van der Waals surface area contributed by atoms with Crippen LogP contribution in [0.2, 0.25) is 0 Å². The van der Waals surface area contributed by atoms with E-state index in [1.165, 1.54) is 5.56 Å². The van der Waals surface area contributed by atoms with E-state index in [0.717, 1.165) is 18.5 Å². The molecule has 4 heteroatoms. The summed E-state index contributed by atoms with van der Waals surface area (Å²) in [6, 6.07) is 12.3. The Morgan fingerprint density at radius 1 is 1.16 bits per heavy atom. The summed E-state index contributed by atoms with van der Waals surface area (Å²) in [6.07, 6.45) is 1.99. The van der Waals surface area contributed by atoms with Gasteiger partial charge in [0.2, 0.25) is 11.8 Å². The average Bonchev–Trinajstić information content (AvgIpc) is 2.44.